The largest absolute Gasteiger partial charge is 0.358 e. The number of rotatable bonds is 2. The Morgan fingerprint density at radius 2 is 1.83 bits per heavy atom. The van der Waals surface area contributed by atoms with E-state index in [0.29, 0.717) is 11.5 Å². The third-order valence-electron chi connectivity index (χ3n) is 3.13. The summed E-state index contributed by atoms with van der Waals surface area (Å²) in [4.78, 5) is 14.4. The molecule has 1 aliphatic heterocycles. The van der Waals surface area contributed by atoms with Crippen molar-refractivity contribution in [2.24, 2.45) is 0 Å². The minimum absolute atomic E-state index is 0.129. The third-order valence-corrected chi connectivity index (χ3v) is 3.58. The lowest BCUT2D eigenvalue weighted by Crippen LogP contribution is -2.43. The second-order valence-corrected chi connectivity index (χ2v) is 4.91. The summed E-state index contributed by atoms with van der Waals surface area (Å²) in [5, 5.41) is 2.87. The lowest BCUT2D eigenvalue weighted by molar-refractivity contribution is -0.115. The second-order valence-electron chi connectivity index (χ2n) is 4.52. The SMILES string of the molecule is O=C(NCc1ccccc1)C(=S)N1CCCCC1. The van der Waals surface area contributed by atoms with Crippen molar-refractivity contribution in [2.45, 2.75) is 25.8 Å². The van der Waals surface area contributed by atoms with E-state index in [2.05, 4.69) is 5.32 Å². The zero-order valence-electron chi connectivity index (χ0n) is 10.4. The van der Waals surface area contributed by atoms with E-state index in [9.17, 15) is 4.79 Å². The van der Waals surface area contributed by atoms with Crippen LogP contribution in [0.2, 0.25) is 0 Å². The minimum Gasteiger partial charge on any atom is -0.358 e. The highest BCUT2D eigenvalue weighted by atomic mass is 32.1. The van der Waals surface area contributed by atoms with Crippen LogP contribution in [-0.4, -0.2) is 28.9 Å². The van der Waals surface area contributed by atoms with Gasteiger partial charge < -0.3 is 10.2 Å². The summed E-state index contributed by atoms with van der Waals surface area (Å²) in [6.45, 7) is 2.36. The first-order valence-corrected chi connectivity index (χ1v) is 6.79. The quantitative estimate of drug-likeness (QED) is 0.829. The Kier molecular flexibility index (Phi) is 4.70. The lowest BCUT2D eigenvalue weighted by Gasteiger charge is -2.28. The van der Waals surface area contributed by atoms with Gasteiger partial charge in [0.1, 0.15) is 0 Å². The molecule has 1 amide bonds. The van der Waals surface area contributed by atoms with Gasteiger partial charge in [-0.25, -0.2) is 0 Å². The van der Waals surface area contributed by atoms with Crippen LogP contribution in [-0.2, 0) is 11.3 Å². The predicted octanol–water partition coefficient (Wildman–Crippen LogP) is 2.12. The predicted molar refractivity (Wildman–Crippen MR) is 76.3 cm³/mol. The Balaban J connectivity index is 1.82. The van der Waals surface area contributed by atoms with Gasteiger partial charge in [-0.3, -0.25) is 4.79 Å². The van der Waals surface area contributed by atoms with Crippen LogP contribution in [0.1, 0.15) is 24.8 Å². The van der Waals surface area contributed by atoms with Crippen LogP contribution in [0, 0.1) is 0 Å². The highest BCUT2D eigenvalue weighted by Crippen LogP contribution is 2.09. The van der Waals surface area contributed by atoms with Gasteiger partial charge >= 0.3 is 0 Å². The van der Waals surface area contributed by atoms with Crippen LogP contribution in [0.3, 0.4) is 0 Å². The number of nitrogens with one attached hydrogen (secondary N) is 1. The number of carbonyl (C=O) groups excluding carboxylic acids is 1. The normalized spacial score (nSPS) is 15.2. The Morgan fingerprint density at radius 1 is 1.17 bits per heavy atom. The van der Waals surface area contributed by atoms with Gasteiger partial charge in [-0.1, -0.05) is 42.5 Å². The number of amides is 1. The van der Waals surface area contributed by atoms with Gasteiger partial charge in [0.15, 0.2) is 4.99 Å². The van der Waals surface area contributed by atoms with Gasteiger partial charge in [0.05, 0.1) is 0 Å². The molecule has 4 heteroatoms. The molecule has 0 saturated carbocycles. The summed E-state index contributed by atoms with van der Waals surface area (Å²) in [6.07, 6.45) is 3.50. The fourth-order valence-corrected chi connectivity index (χ4v) is 2.35. The van der Waals surface area contributed by atoms with Crippen LogP contribution >= 0.6 is 12.2 Å². The molecular weight excluding hydrogens is 244 g/mol. The molecule has 1 aliphatic rings. The van der Waals surface area contributed by atoms with E-state index in [-0.39, 0.29) is 5.91 Å². The zero-order chi connectivity index (χ0) is 12.8. The summed E-state index contributed by atoms with van der Waals surface area (Å²) in [5.41, 5.74) is 1.09. The first kappa shape index (κ1) is 13.0. The maximum Gasteiger partial charge on any atom is 0.279 e. The van der Waals surface area contributed by atoms with E-state index < -0.39 is 0 Å². The molecule has 0 atom stereocenters. The van der Waals surface area contributed by atoms with Crippen LogP contribution in [0.5, 0.6) is 0 Å². The number of carbonyl (C=O) groups is 1. The van der Waals surface area contributed by atoms with Crippen LogP contribution < -0.4 is 5.32 Å². The topological polar surface area (TPSA) is 32.3 Å². The molecule has 1 saturated heterocycles. The first-order valence-electron chi connectivity index (χ1n) is 6.38. The number of likely N-dealkylation sites (tertiary alicyclic amines) is 1. The summed E-state index contributed by atoms with van der Waals surface area (Å²) in [5.74, 6) is -0.129. The van der Waals surface area contributed by atoms with Crippen molar-refractivity contribution in [3.63, 3.8) is 0 Å². The molecule has 0 aromatic heterocycles. The van der Waals surface area contributed by atoms with Crippen molar-refractivity contribution in [1.29, 1.82) is 0 Å². The minimum atomic E-state index is -0.129. The summed E-state index contributed by atoms with van der Waals surface area (Å²) in [7, 11) is 0. The van der Waals surface area contributed by atoms with Crippen molar-refractivity contribution in [3.8, 4) is 0 Å². The molecule has 0 radical (unpaired) electrons. The van der Waals surface area contributed by atoms with E-state index in [4.69, 9.17) is 12.2 Å². The molecule has 3 nitrogen and oxygen atoms in total. The number of piperidine rings is 1. The second kappa shape index (κ2) is 6.50. The van der Waals surface area contributed by atoms with E-state index in [1.165, 1.54) is 6.42 Å². The molecule has 96 valence electrons. The van der Waals surface area contributed by atoms with E-state index in [0.717, 1.165) is 31.5 Å². The highest BCUT2D eigenvalue weighted by molar-refractivity contribution is 7.82. The van der Waals surface area contributed by atoms with E-state index >= 15 is 0 Å². The van der Waals surface area contributed by atoms with Crippen LogP contribution in [0.4, 0.5) is 0 Å². The van der Waals surface area contributed by atoms with Crippen molar-refractivity contribution >= 4 is 23.1 Å². The number of thiocarbonyl (C=S) groups is 1. The fourth-order valence-electron chi connectivity index (χ4n) is 2.09. The van der Waals surface area contributed by atoms with Gasteiger partial charge in [-0.15, -0.1) is 0 Å². The van der Waals surface area contributed by atoms with Crippen molar-refractivity contribution in [3.05, 3.63) is 35.9 Å². The smallest absolute Gasteiger partial charge is 0.279 e. The Bertz CT molecular complexity index is 413. The maximum atomic E-state index is 11.9. The molecule has 2 rings (SSSR count). The van der Waals surface area contributed by atoms with Crippen molar-refractivity contribution < 1.29 is 4.79 Å². The third kappa shape index (κ3) is 3.53. The summed E-state index contributed by atoms with van der Waals surface area (Å²) in [6, 6.07) is 9.87. The Morgan fingerprint density at radius 3 is 2.50 bits per heavy atom. The van der Waals surface area contributed by atoms with E-state index in [1.807, 2.05) is 35.2 Å². The number of hydrogen-bond donors (Lipinski definition) is 1. The van der Waals surface area contributed by atoms with Crippen LogP contribution in [0.15, 0.2) is 30.3 Å². The number of nitrogens with zero attached hydrogens (tertiary/aromatic N) is 1. The monoisotopic (exact) mass is 262 g/mol. The summed E-state index contributed by atoms with van der Waals surface area (Å²) >= 11 is 5.23. The average molecular weight is 262 g/mol. The Labute approximate surface area is 113 Å². The summed E-state index contributed by atoms with van der Waals surface area (Å²) < 4.78 is 0. The van der Waals surface area contributed by atoms with Gasteiger partial charge in [-0.2, -0.15) is 0 Å². The zero-order valence-corrected chi connectivity index (χ0v) is 11.2. The first-order chi connectivity index (χ1) is 8.77. The van der Waals surface area contributed by atoms with Crippen molar-refractivity contribution in [1.82, 2.24) is 10.2 Å². The van der Waals surface area contributed by atoms with Gasteiger partial charge in [-0.05, 0) is 24.8 Å². The Hall–Kier alpha value is -1.42. The molecule has 18 heavy (non-hydrogen) atoms. The number of benzene rings is 1. The fraction of sp³-hybridized carbons (Fsp3) is 0.429. The molecule has 0 spiro atoms. The van der Waals surface area contributed by atoms with Crippen LogP contribution in [0.25, 0.3) is 0 Å². The highest BCUT2D eigenvalue weighted by Gasteiger charge is 2.18. The standard InChI is InChI=1S/C14H18N2OS/c17-13(14(18)16-9-5-2-6-10-16)15-11-12-7-3-1-4-8-12/h1,3-4,7-8H,2,5-6,9-11H2,(H,15,17). The molecular formula is C14H18N2OS. The van der Waals surface area contributed by atoms with Crippen molar-refractivity contribution in [2.75, 3.05) is 13.1 Å². The van der Waals surface area contributed by atoms with E-state index in [1.54, 1.807) is 0 Å². The molecule has 0 bridgehead atoms. The van der Waals surface area contributed by atoms with Gasteiger partial charge in [0.25, 0.3) is 5.91 Å². The molecule has 0 unspecified atom stereocenters. The molecule has 1 fully saturated rings. The molecule has 1 aromatic carbocycles. The maximum absolute atomic E-state index is 11.9. The van der Waals surface area contributed by atoms with Gasteiger partial charge in [0, 0.05) is 19.6 Å². The molecule has 0 aliphatic carbocycles. The number of hydrogen-bond acceptors (Lipinski definition) is 2. The lowest BCUT2D eigenvalue weighted by atomic mass is 10.1. The average Bonchev–Trinajstić information content (AvgIpc) is 2.46. The van der Waals surface area contributed by atoms with Gasteiger partial charge in [0.2, 0.25) is 0 Å². The molecule has 1 N–H and O–H groups in total. The molecule has 1 aromatic rings. The molecule has 1 heterocycles.